The summed E-state index contributed by atoms with van der Waals surface area (Å²) in [7, 11) is 0. The Balaban J connectivity index is 2.43. The molecule has 18 heavy (non-hydrogen) atoms. The number of rotatable bonds is 3. The number of nitrogens with two attached hydrogens (primary N) is 1. The summed E-state index contributed by atoms with van der Waals surface area (Å²) in [6.07, 6.45) is 0.182. The van der Waals surface area contributed by atoms with E-state index in [9.17, 15) is 9.59 Å². The maximum absolute atomic E-state index is 12.0. The van der Waals surface area contributed by atoms with E-state index in [4.69, 9.17) is 10.6 Å². The SMILES string of the molecule is C[C@H](NC(=O)OC(C)(C)C)C(=O)C1CCN(N)C1. The lowest BCUT2D eigenvalue weighted by atomic mass is 9.98. The number of nitrogens with one attached hydrogen (secondary N) is 1. The van der Waals surface area contributed by atoms with Crippen molar-refractivity contribution in [1.82, 2.24) is 10.3 Å². The van der Waals surface area contributed by atoms with Gasteiger partial charge in [0.05, 0.1) is 6.04 Å². The zero-order valence-corrected chi connectivity index (χ0v) is 11.5. The van der Waals surface area contributed by atoms with E-state index in [1.807, 2.05) is 0 Å². The second kappa shape index (κ2) is 5.67. The molecule has 0 aliphatic carbocycles. The van der Waals surface area contributed by atoms with Crippen molar-refractivity contribution >= 4 is 11.9 Å². The lowest BCUT2D eigenvalue weighted by Crippen LogP contribution is -2.44. The lowest BCUT2D eigenvalue weighted by molar-refractivity contribution is -0.124. The van der Waals surface area contributed by atoms with Gasteiger partial charge in [0.2, 0.25) is 0 Å². The molecule has 3 N–H and O–H groups in total. The zero-order chi connectivity index (χ0) is 13.9. The molecule has 104 valence electrons. The van der Waals surface area contributed by atoms with Crippen LogP contribution in [0.3, 0.4) is 0 Å². The van der Waals surface area contributed by atoms with Crippen molar-refractivity contribution in [3.05, 3.63) is 0 Å². The summed E-state index contributed by atoms with van der Waals surface area (Å²) in [6.45, 7) is 8.28. The Morgan fingerprint density at radius 2 is 2.06 bits per heavy atom. The summed E-state index contributed by atoms with van der Waals surface area (Å²) in [5.41, 5.74) is -0.561. The van der Waals surface area contributed by atoms with E-state index < -0.39 is 17.7 Å². The fourth-order valence-electron chi connectivity index (χ4n) is 1.93. The standard InChI is InChI=1S/C12H23N3O3/c1-8(14-11(17)18-12(2,3)4)10(16)9-5-6-15(13)7-9/h8-9H,5-7,13H2,1-4H3,(H,14,17)/t8-,9?/m0/s1. The molecule has 1 aliphatic heterocycles. The smallest absolute Gasteiger partial charge is 0.408 e. The van der Waals surface area contributed by atoms with Crippen LogP contribution in [0.5, 0.6) is 0 Å². The normalized spacial score (nSPS) is 22.6. The first kappa shape index (κ1) is 14.9. The number of alkyl carbamates (subject to hydrolysis) is 1. The van der Waals surface area contributed by atoms with Crippen LogP contribution >= 0.6 is 0 Å². The Labute approximate surface area is 108 Å². The van der Waals surface area contributed by atoms with E-state index in [0.29, 0.717) is 6.54 Å². The van der Waals surface area contributed by atoms with Gasteiger partial charge >= 0.3 is 6.09 Å². The van der Waals surface area contributed by atoms with E-state index in [1.54, 1.807) is 32.7 Å². The van der Waals surface area contributed by atoms with Crippen LogP contribution in [0.25, 0.3) is 0 Å². The van der Waals surface area contributed by atoms with Crippen LogP contribution in [-0.2, 0) is 9.53 Å². The van der Waals surface area contributed by atoms with Crippen molar-refractivity contribution in [2.75, 3.05) is 13.1 Å². The van der Waals surface area contributed by atoms with Gasteiger partial charge in [0.25, 0.3) is 0 Å². The lowest BCUT2D eigenvalue weighted by Gasteiger charge is -2.22. The van der Waals surface area contributed by atoms with Gasteiger partial charge in [0.1, 0.15) is 5.60 Å². The molecule has 1 unspecified atom stereocenters. The third-order valence-electron chi connectivity index (χ3n) is 2.78. The highest BCUT2D eigenvalue weighted by Crippen LogP contribution is 2.16. The molecule has 0 bridgehead atoms. The number of carbonyl (C=O) groups excluding carboxylic acids is 2. The quantitative estimate of drug-likeness (QED) is 0.726. The van der Waals surface area contributed by atoms with Crippen LogP contribution in [0.15, 0.2) is 0 Å². The second-order valence-corrected chi connectivity index (χ2v) is 5.75. The number of Topliss-reactive ketones (excluding diaryl/α,β-unsaturated/α-hetero) is 1. The average Bonchev–Trinajstić information content (AvgIpc) is 2.60. The van der Waals surface area contributed by atoms with Gasteiger partial charge in [-0.25, -0.2) is 9.80 Å². The first-order valence-corrected chi connectivity index (χ1v) is 6.22. The van der Waals surface area contributed by atoms with Crippen LogP contribution < -0.4 is 11.2 Å². The Bertz CT molecular complexity index is 325. The number of amides is 1. The summed E-state index contributed by atoms with van der Waals surface area (Å²) in [4.78, 5) is 23.6. The number of hydrogen-bond donors (Lipinski definition) is 2. The number of carbonyl (C=O) groups is 2. The zero-order valence-electron chi connectivity index (χ0n) is 11.5. The van der Waals surface area contributed by atoms with Gasteiger partial charge in [-0.05, 0) is 34.1 Å². The predicted molar refractivity (Wildman–Crippen MR) is 67.7 cm³/mol. The van der Waals surface area contributed by atoms with Gasteiger partial charge in [0.15, 0.2) is 5.78 Å². The molecule has 1 fully saturated rings. The fourth-order valence-corrected chi connectivity index (χ4v) is 1.93. The summed E-state index contributed by atoms with van der Waals surface area (Å²) < 4.78 is 5.10. The van der Waals surface area contributed by atoms with E-state index in [2.05, 4.69) is 5.32 Å². The van der Waals surface area contributed by atoms with Gasteiger partial charge < -0.3 is 10.1 Å². The minimum absolute atomic E-state index is 0.00816. The molecule has 0 spiro atoms. The molecule has 1 saturated heterocycles. The van der Waals surface area contributed by atoms with Crippen LogP contribution in [-0.4, -0.2) is 41.6 Å². The van der Waals surface area contributed by atoms with E-state index in [-0.39, 0.29) is 11.7 Å². The summed E-state index contributed by atoms with van der Waals surface area (Å²) in [5.74, 6) is 5.53. The van der Waals surface area contributed by atoms with Crippen LogP contribution in [0.2, 0.25) is 0 Å². The molecular weight excluding hydrogens is 234 g/mol. The van der Waals surface area contributed by atoms with Crippen molar-refractivity contribution in [2.24, 2.45) is 11.8 Å². The van der Waals surface area contributed by atoms with Crippen molar-refractivity contribution in [1.29, 1.82) is 0 Å². The molecule has 1 aliphatic rings. The first-order valence-electron chi connectivity index (χ1n) is 6.22. The minimum Gasteiger partial charge on any atom is -0.444 e. The molecule has 1 heterocycles. The highest BCUT2D eigenvalue weighted by molar-refractivity contribution is 5.89. The van der Waals surface area contributed by atoms with Gasteiger partial charge in [-0.1, -0.05) is 0 Å². The third-order valence-corrected chi connectivity index (χ3v) is 2.78. The summed E-state index contributed by atoms with van der Waals surface area (Å²) in [5, 5.41) is 4.19. The van der Waals surface area contributed by atoms with Crippen molar-refractivity contribution in [3.8, 4) is 0 Å². The molecule has 0 aromatic heterocycles. The minimum atomic E-state index is -0.564. The molecule has 2 atom stereocenters. The Morgan fingerprint density at radius 3 is 2.50 bits per heavy atom. The largest absolute Gasteiger partial charge is 0.444 e. The van der Waals surface area contributed by atoms with Gasteiger partial charge in [0, 0.05) is 19.0 Å². The summed E-state index contributed by atoms with van der Waals surface area (Å²) in [6, 6.07) is -0.545. The Hall–Kier alpha value is -1.14. The Kier molecular flexibility index (Phi) is 4.70. The van der Waals surface area contributed by atoms with Crippen LogP contribution in [0.1, 0.15) is 34.1 Å². The molecule has 0 saturated carbocycles. The molecule has 0 aromatic carbocycles. The monoisotopic (exact) mass is 257 g/mol. The first-order chi connectivity index (χ1) is 8.19. The predicted octanol–water partition coefficient (Wildman–Crippen LogP) is 0.664. The number of hydrazine groups is 1. The molecular formula is C12H23N3O3. The van der Waals surface area contributed by atoms with Gasteiger partial charge in [-0.2, -0.15) is 0 Å². The van der Waals surface area contributed by atoms with Crippen LogP contribution in [0.4, 0.5) is 4.79 Å². The number of hydrogen-bond acceptors (Lipinski definition) is 5. The molecule has 0 radical (unpaired) electrons. The molecule has 6 heteroatoms. The molecule has 6 nitrogen and oxygen atoms in total. The fraction of sp³-hybridized carbons (Fsp3) is 0.833. The topological polar surface area (TPSA) is 84.7 Å². The van der Waals surface area contributed by atoms with Gasteiger partial charge in [-0.3, -0.25) is 10.6 Å². The highest BCUT2D eigenvalue weighted by atomic mass is 16.6. The van der Waals surface area contributed by atoms with Crippen molar-refractivity contribution < 1.29 is 14.3 Å². The number of nitrogens with zero attached hydrogens (tertiary/aromatic N) is 1. The third kappa shape index (κ3) is 4.62. The van der Waals surface area contributed by atoms with Crippen molar-refractivity contribution in [2.45, 2.75) is 45.8 Å². The summed E-state index contributed by atoms with van der Waals surface area (Å²) >= 11 is 0. The average molecular weight is 257 g/mol. The maximum Gasteiger partial charge on any atom is 0.408 e. The van der Waals surface area contributed by atoms with Crippen LogP contribution in [0, 0.1) is 5.92 Å². The molecule has 1 amide bonds. The van der Waals surface area contributed by atoms with E-state index in [0.717, 1.165) is 13.0 Å². The molecule has 0 aromatic rings. The van der Waals surface area contributed by atoms with Crippen molar-refractivity contribution in [3.63, 3.8) is 0 Å². The number of ketones is 1. The second-order valence-electron chi connectivity index (χ2n) is 5.75. The van der Waals surface area contributed by atoms with Gasteiger partial charge in [-0.15, -0.1) is 0 Å². The van der Waals surface area contributed by atoms with E-state index >= 15 is 0 Å². The molecule has 1 rings (SSSR count). The Morgan fingerprint density at radius 1 is 1.44 bits per heavy atom. The maximum atomic E-state index is 12.0. The number of ether oxygens (including phenoxy) is 1. The highest BCUT2D eigenvalue weighted by Gasteiger charge is 2.31. The van der Waals surface area contributed by atoms with E-state index in [1.165, 1.54) is 0 Å².